The van der Waals surface area contributed by atoms with Gasteiger partial charge in [-0.15, -0.1) is 0 Å². The lowest BCUT2D eigenvalue weighted by Gasteiger charge is -2.26. The lowest BCUT2D eigenvalue weighted by atomic mass is 9.96. The third-order valence-electron chi connectivity index (χ3n) is 3.00. The number of amides is 1. The fourth-order valence-electron chi connectivity index (χ4n) is 1.73. The van der Waals surface area contributed by atoms with Gasteiger partial charge < -0.3 is 14.8 Å². The van der Waals surface area contributed by atoms with Crippen LogP contribution in [0.5, 0.6) is 5.75 Å². The molecule has 1 aromatic rings. The quantitative estimate of drug-likeness (QED) is 0.862. The molecule has 104 valence electrons. The van der Waals surface area contributed by atoms with E-state index in [0.29, 0.717) is 12.3 Å². The highest BCUT2D eigenvalue weighted by Crippen LogP contribution is 2.28. The molecular weight excluding hydrogens is 249 g/mol. The van der Waals surface area contributed by atoms with Crippen molar-refractivity contribution in [1.82, 2.24) is 0 Å². The summed E-state index contributed by atoms with van der Waals surface area (Å²) in [4.78, 5) is 11.4. The maximum Gasteiger partial charge on any atom is 0.250 e. The number of carbonyl (C=O) groups excluding carboxylic acids is 1. The van der Waals surface area contributed by atoms with Crippen molar-refractivity contribution in [3.63, 3.8) is 0 Å². The summed E-state index contributed by atoms with van der Waals surface area (Å²) in [6, 6.07) is 4.43. The number of ether oxygens (including phenoxy) is 2. The first-order chi connectivity index (χ1) is 9.19. The molecule has 0 bridgehead atoms. The van der Waals surface area contributed by atoms with E-state index in [1.807, 2.05) is 0 Å². The van der Waals surface area contributed by atoms with Crippen LogP contribution in [0.15, 0.2) is 18.2 Å². The lowest BCUT2D eigenvalue weighted by Crippen LogP contribution is -2.25. The number of anilines is 1. The molecule has 0 radical (unpaired) electrons. The summed E-state index contributed by atoms with van der Waals surface area (Å²) in [6.07, 6.45) is 3.23. The smallest absolute Gasteiger partial charge is 0.250 e. The summed E-state index contributed by atoms with van der Waals surface area (Å²) >= 11 is 0. The number of halogens is 1. The van der Waals surface area contributed by atoms with Gasteiger partial charge in [-0.1, -0.05) is 0 Å². The molecule has 4 nitrogen and oxygen atoms in total. The Bertz CT molecular complexity index is 446. The first-order valence-corrected chi connectivity index (χ1v) is 6.53. The molecule has 0 aliphatic heterocycles. The summed E-state index contributed by atoms with van der Waals surface area (Å²) < 4.78 is 24.2. The van der Waals surface area contributed by atoms with Crippen molar-refractivity contribution >= 4 is 11.6 Å². The Balaban J connectivity index is 1.91. The third kappa shape index (κ3) is 3.92. The minimum Gasteiger partial charge on any atom is -0.487 e. The predicted molar refractivity (Wildman–Crippen MR) is 69.8 cm³/mol. The molecule has 1 aliphatic carbocycles. The van der Waals surface area contributed by atoms with Crippen molar-refractivity contribution in [2.45, 2.75) is 32.3 Å². The van der Waals surface area contributed by atoms with E-state index in [1.165, 1.54) is 6.07 Å². The van der Waals surface area contributed by atoms with Crippen LogP contribution >= 0.6 is 0 Å². The van der Waals surface area contributed by atoms with Crippen LogP contribution in [-0.4, -0.2) is 25.2 Å². The van der Waals surface area contributed by atoms with Gasteiger partial charge in [0.1, 0.15) is 6.61 Å². The number of carbonyl (C=O) groups is 1. The molecule has 1 saturated carbocycles. The van der Waals surface area contributed by atoms with Gasteiger partial charge in [-0.25, -0.2) is 4.39 Å². The molecule has 5 heteroatoms. The van der Waals surface area contributed by atoms with Crippen LogP contribution in [0.2, 0.25) is 0 Å². The fraction of sp³-hybridized carbons (Fsp3) is 0.500. The summed E-state index contributed by atoms with van der Waals surface area (Å²) in [6.45, 7) is 2.24. The monoisotopic (exact) mass is 267 g/mol. The third-order valence-corrected chi connectivity index (χ3v) is 3.00. The zero-order valence-electron chi connectivity index (χ0n) is 10.9. The fourth-order valence-corrected chi connectivity index (χ4v) is 1.73. The molecule has 0 unspecified atom stereocenters. The van der Waals surface area contributed by atoms with Crippen LogP contribution in [-0.2, 0) is 9.53 Å². The van der Waals surface area contributed by atoms with E-state index in [2.05, 4.69) is 5.32 Å². The molecule has 1 aliphatic rings. The van der Waals surface area contributed by atoms with Gasteiger partial charge in [0, 0.05) is 18.4 Å². The molecular formula is C14H18FNO3. The normalized spacial score (nSPS) is 14.8. The van der Waals surface area contributed by atoms with Gasteiger partial charge in [-0.2, -0.15) is 0 Å². The predicted octanol–water partition coefficient (Wildman–Crippen LogP) is 2.73. The van der Waals surface area contributed by atoms with Gasteiger partial charge in [0.15, 0.2) is 11.6 Å². The van der Waals surface area contributed by atoms with E-state index in [4.69, 9.17) is 9.47 Å². The minimum atomic E-state index is -0.457. The first kappa shape index (κ1) is 13.8. The van der Waals surface area contributed by atoms with Crippen molar-refractivity contribution < 1.29 is 18.7 Å². The van der Waals surface area contributed by atoms with Crippen molar-refractivity contribution in [3.05, 3.63) is 24.0 Å². The van der Waals surface area contributed by atoms with E-state index in [1.54, 1.807) is 19.1 Å². The van der Waals surface area contributed by atoms with E-state index < -0.39 is 5.82 Å². The molecule has 0 spiro atoms. The van der Waals surface area contributed by atoms with Crippen LogP contribution in [0.1, 0.15) is 26.2 Å². The molecule has 0 heterocycles. The second kappa shape index (κ2) is 6.52. The van der Waals surface area contributed by atoms with E-state index in [0.717, 1.165) is 19.3 Å². The van der Waals surface area contributed by atoms with Crippen molar-refractivity contribution in [1.29, 1.82) is 0 Å². The van der Waals surface area contributed by atoms with Crippen molar-refractivity contribution in [2.75, 3.05) is 18.5 Å². The Morgan fingerprint density at radius 2 is 2.26 bits per heavy atom. The zero-order valence-corrected chi connectivity index (χ0v) is 10.9. The highest BCUT2D eigenvalue weighted by molar-refractivity contribution is 5.91. The number of nitrogens with one attached hydrogen (secondary N) is 1. The molecule has 1 amide bonds. The number of benzene rings is 1. The topological polar surface area (TPSA) is 47.6 Å². The van der Waals surface area contributed by atoms with Crippen molar-refractivity contribution in [3.8, 4) is 5.75 Å². The molecule has 0 atom stereocenters. The molecule has 19 heavy (non-hydrogen) atoms. The minimum absolute atomic E-state index is 0.0293. The summed E-state index contributed by atoms with van der Waals surface area (Å²) in [7, 11) is 0. The van der Waals surface area contributed by atoms with Gasteiger partial charge >= 0.3 is 0 Å². The van der Waals surface area contributed by atoms with Gasteiger partial charge in [0.25, 0.3) is 0 Å². The lowest BCUT2D eigenvalue weighted by molar-refractivity contribution is -0.120. The van der Waals surface area contributed by atoms with E-state index in [9.17, 15) is 9.18 Å². The Morgan fingerprint density at radius 1 is 1.47 bits per heavy atom. The highest BCUT2D eigenvalue weighted by Gasteiger charge is 2.20. The highest BCUT2D eigenvalue weighted by atomic mass is 19.1. The maximum absolute atomic E-state index is 13.8. The Morgan fingerprint density at radius 3 is 2.84 bits per heavy atom. The summed E-state index contributed by atoms with van der Waals surface area (Å²) in [5.74, 6) is -0.512. The first-order valence-electron chi connectivity index (χ1n) is 6.53. The van der Waals surface area contributed by atoms with Crippen LogP contribution in [0.3, 0.4) is 0 Å². The van der Waals surface area contributed by atoms with Gasteiger partial charge in [0.05, 0.1) is 6.10 Å². The zero-order chi connectivity index (χ0) is 13.7. The van der Waals surface area contributed by atoms with Crippen LogP contribution in [0, 0.1) is 5.82 Å². The largest absolute Gasteiger partial charge is 0.487 e. The molecule has 1 N–H and O–H groups in total. The van der Waals surface area contributed by atoms with Gasteiger partial charge in [0.2, 0.25) is 5.91 Å². The maximum atomic E-state index is 13.8. The summed E-state index contributed by atoms with van der Waals surface area (Å²) in [5, 5.41) is 2.57. The average molecular weight is 267 g/mol. The SMILES string of the molecule is CCOCC(=O)Nc1ccc(OC2CCC2)c(F)c1. The average Bonchev–Trinajstić information content (AvgIpc) is 2.33. The molecule has 0 saturated heterocycles. The van der Waals surface area contributed by atoms with Gasteiger partial charge in [-0.05, 0) is 38.3 Å². The van der Waals surface area contributed by atoms with Gasteiger partial charge in [-0.3, -0.25) is 4.79 Å². The second-order valence-electron chi connectivity index (χ2n) is 4.50. The molecule has 1 aromatic carbocycles. The Kier molecular flexibility index (Phi) is 4.74. The van der Waals surface area contributed by atoms with Crippen molar-refractivity contribution in [2.24, 2.45) is 0 Å². The molecule has 0 aromatic heterocycles. The van der Waals surface area contributed by atoms with E-state index in [-0.39, 0.29) is 24.4 Å². The number of rotatable bonds is 6. The Labute approximate surface area is 111 Å². The molecule has 2 rings (SSSR count). The standard InChI is InChI=1S/C14H18FNO3/c1-2-18-9-14(17)16-10-6-7-13(12(15)8-10)19-11-4-3-5-11/h6-8,11H,2-5,9H2,1H3,(H,16,17). The van der Waals surface area contributed by atoms with Crippen LogP contribution in [0.25, 0.3) is 0 Å². The second-order valence-corrected chi connectivity index (χ2v) is 4.50. The summed E-state index contributed by atoms with van der Waals surface area (Å²) in [5.41, 5.74) is 0.406. The van der Waals surface area contributed by atoms with Crippen LogP contribution < -0.4 is 10.1 Å². The van der Waals surface area contributed by atoms with Crippen LogP contribution in [0.4, 0.5) is 10.1 Å². The number of hydrogen-bond acceptors (Lipinski definition) is 3. The number of hydrogen-bond donors (Lipinski definition) is 1. The van der Waals surface area contributed by atoms with E-state index >= 15 is 0 Å². The molecule has 1 fully saturated rings. The Hall–Kier alpha value is -1.62.